The van der Waals surface area contributed by atoms with Crippen LogP contribution in [0.3, 0.4) is 0 Å². The molecule has 0 aliphatic carbocycles. The summed E-state index contributed by atoms with van der Waals surface area (Å²) < 4.78 is 10.7. The minimum Gasteiger partial charge on any atom is -0.482 e. The average Bonchev–Trinajstić information content (AvgIpc) is 2.61. The van der Waals surface area contributed by atoms with Crippen molar-refractivity contribution in [1.29, 1.82) is 0 Å². The van der Waals surface area contributed by atoms with Gasteiger partial charge in [0.1, 0.15) is 5.75 Å². The molecule has 0 radical (unpaired) electrons. The van der Waals surface area contributed by atoms with Crippen molar-refractivity contribution in [1.82, 2.24) is 0 Å². The lowest BCUT2D eigenvalue weighted by Gasteiger charge is -2.16. The molecule has 0 heterocycles. The fourth-order valence-electron chi connectivity index (χ4n) is 2.28. The first kappa shape index (κ1) is 18.5. The van der Waals surface area contributed by atoms with Gasteiger partial charge < -0.3 is 14.8 Å². The zero-order chi connectivity index (χ0) is 18.2. The Balaban J connectivity index is 1.84. The van der Waals surface area contributed by atoms with Gasteiger partial charge in [-0.25, -0.2) is 4.79 Å². The third-order valence-corrected chi connectivity index (χ3v) is 3.61. The number of nitrogens with one attached hydrogen (secondary N) is 1. The lowest BCUT2D eigenvalue weighted by Crippen LogP contribution is -2.31. The minimum atomic E-state index is -0.906. The molecule has 25 heavy (non-hydrogen) atoms. The molecular weight excluding hydrogens is 318 g/mol. The highest BCUT2D eigenvalue weighted by Crippen LogP contribution is 2.25. The summed E-state index contributed by atoms with van der Waals surface area (Å²) in [6, 6.07) is 16.6. The van der Waals surface area contributed by atoms with Crippen molar-refractivity contribution in [3.63, 3.8) is 0 Å². The molecule has 5 nitrogen and oxygen atoms in total. The fraction of sp³-hybridized carbons (Fsp3) is 0.300. The van der Waals surface area contributed by atoms with Gasteiger partial charge in [0, 0.05) is 5.69 Å². The molecule has 0 spiro atoms. The predicted molar refractivity (Wildman–Crippen MR) is 96.7 cm³/mol. The van der Waals surface area contributed by atoms with Crippen LogP contribution < -0.4 is 10.1 Å². The molecule has 0 fully saturated rings. The molecule has 0 aliphatic rings. The van der Waals surface area contributed by atoms with Crippen molar-refractivity contribution in [2.24, 2.45) is 0 Å². The Bertz CT molecular complexity index is 713. The van der Waals surface area contributed by atoms with Crippen molar-refractivity contribution < 1.29 is 19.1 Å². The lowest BCUT2D eigenvalue weighted by atomic mass is 10.0. The average molecular weight is 341 g/mol. The van der Waals surface area contributed by atoms with Gasteiger partial charge in [-0.05, 0) is 36.6 Å². The normalized spacial score (nSPS) is 11.7. The van der Waals surface area contributed by atoms with Gasteiger partial charge in [-0.1, -0.05) is 50.2 Å². The number of carbonyl (C=O) groups is 2. The monoisotopic (exact) mass is 341 g/mol. The highest BCUT2D eigenvalue weighted by Gasteiger charge is 2.18. The lowest BCUT2D eigenvalue weighted by molar-refractivity contribution is -0.155. The summed E-state index contributed by atoms with van der Waals surface area (Å²) in [6.45, 7) is 5.39. The van der Waals surface area contributed by atoms with Gasteiger partial charge in [-0.15, -0.1) is 0 Å². The summed E-state index contributed by atoms with van der Waals surface area (Å²) in [7, 11) is 0. The molecule has 2 rings (SSSR count). The Kier molecular flexibility index (Phi) is 6.57. The van der Waals surface area contributed by atoms with Crippen LogP contribution in [-0.4, -0.2) is 24.6 Å². The Morgan fingerprint density at radius 1 is 0.960 bits per heavy atom. The molecule has 2 aromatic rings. The van der Waals surface area contributed by atoms with Gasteiger partial charge in [0.05, 0.1) is 0 Å². The molecule has 1 N–H and O–H groups in total. The van der Waals surface area contributed by atoms with Crippen LogP contribution in [0.5, 0.6) is 5.75 Å². The van der Waals surface area contributed by atoms with Crippen LogP contribution in [0.1, 0.15) is 32.3 Å². The molecule has 1 atom stereocenters. The van der Waals surface area contributed by atoms with E-state index >= 15 is 0 Å². The van der Waals surface area contributed by atoms with Gasteiger partial charge in [-0.2, -0.15) is 0 Å². The highest BCUT2D eigenvalue weighted by atomic mass is 16.6. The molecule has 5 heteroatoms. The standard InChI is InChI=1S/C20H23NO4/c1-14(2)17-11-7-8-12-18(17)24-13-19(22)25-15(3)20(23)21-16-9-5-4-6-10-16/h4-12,14-15H,13H2,1-3H3,(H,21,23)/t15-/m1/s1. The first-order valence-corrected chi connectivity index (χ1v) is 8.24. The molecule has 0 unspecified atom stereocenters. The number of ether oxygens (including phenoxy) is 2. The number of benzene rings is 2. The third-order valence-electron chi connectivity index (χ3n) is 3.61. The first-order chi connectivity index (χ1) is 12.0. The van der Waals surface area contributed by atoms with E-state index in [4.69, 9.17) is 9.47 Å². The van der Waals surface area contributed by atoms with E-state index in [1.165, 1.54) is 6.92 Å². The van der Waals surface area contributed by atoms with Crippen molar-refractivity contribution in [3.8, 4) is 5.75 Å². The van der Waals surface area contributed by atoms with E-state index in [-0.39, 0.29) is 18.4 Å². The number of anilines is 1. The number of carbonyl (C=O) groups excluding carboxylic acids is 2. The number of amides is 1. The van der Waals surface area contributed by atoms with Crippen LogP contribution in [0.2, 0.25) is 0 Å². The fourth-order valence-corrected chi connectivity index (χ4v) is 2.28. The smallest absolute Gasteiger partial charge is 0.344 e. The molecule has 132 valence electrons. The second-order valence-corrected chi connectivity index (χ2v) is 5.97. The van der Waals surface area contributed by atoms with Crippen molar-refractivity contribution >= 4 is 17.6 Å². The zero-order valence-corrected chi connectivity index (χ0v) is 14.7. The Morgan fingerprint density at radius 2 is 1.60 bits per heavy atom. The van der Waals surface area contributed by atoms with Crippen molar-refractivity contribution in [2.75, 3.05) is 11.9 Å². The summed E-state index contributed by atoms with van der Waals surface area (Å²) in [5.74, 6) is -0.0463. The maximum atomic E-state index is 12.0. The minimum absolute atomic E-state index is 0.243. The first-order valence-electron chi connectivity index (χ1n) is 8.24. The predicted octanol–water partition coefficient (Wildman–Crippen LogP) is 3.76. The number of hydrogen-bond donors (Lipinski definition) is 1. The molecular formula is C20H23NO4. The Hall–Kier alpha value is -2.82. The second kappa shape index (κ2) is 8.87. The van der Waals surface area contributed by atoms with Crippen LogP contribution in [0.4, 0.5) is 5.69 Å². The second-order valence-electron chi connectivity index (χ2n) is 5.97. The molecule has 0 aromatic heterocycles. The zero-order valence-electron chi connectivity index (χ0n) is 14.7. The summed E-state index contributed by atoms with van der Waals surface area (Å²) in [6.07, 6.45) is -0.906. The van der Waals surface area contributed by atoms with Crippen LogP contribution in [0.25, 0.3) is 0 Å². The third kappa shape index (κ3) is 5.64. The van der Waals surface area contributed by atoms with Gasteiger partial charge in [0.15, 0.2) is 12.7 Å². The largest absolute Gasteiger partial charge is 0.482 e. The van der Waals surface area contributed by atoms with Crippen molar-refractivity contribution in [3.05, 3.63) is 60.2 Å². The summed E-state index contributed by atoms with van der Waals surface area (Å²) in [4.78, 5) is 24.0. The SMILES string of the molecule is CC(C)c1ccccc1OCC(=O)O[C@H](C)C(=O)Nc1ccccc1. The molecule has 0 bridgehead atoms. The number of rotatable bonds is 7. The van der Waals surface area contributed by atoms with E-state index in [1.54, 1.807) is 12.1 Å². The maximum Gasteiger partial charge on any atom is 0.344 e. The number of esters is 1. The Morgan fingerprint density at radius 3 is 2.28 bits per heavy atom. The quantitative estimate of drug-likeness (QED) is 0.779. The Labute approximate surface area is 148 Å². The summed E-state index contributed by atoms with van der Waals surface area (Å²) in [5, 5.41) is 2.69. The van der Waals surface area contributed by atoms with E-state index in [1.807, 2.05) is 42.5 Å². The van der Waals surface area contributed by atoms with Gasteiger partial charge in [-0.3, -0.25) is 4.79 Å². The van der Waals surface area contributed by atoms with Crippen LogP contribution >= 0.6 is 0 Å². The van der Waals surface area contributed by atoms with E-state index in [9.17, 15) is 9.59 Å². The number of para-hydroxylation sites is 2. The van der Waals surface area contributed by atoms with Gasteiger partial charge in [0.25, 0.3) is 5.91 Å². The van der Waals surface area contributed by atoms with Crippen LogP contribution in [-0.2, 0) is 14.3 Å². The molecule has 2 aromatic carbocycles. The highest BCUT2D eigenvalue weighted by molar-refractivity contribution is 5.95. The van der Waals surface area contributed by atoms with Crippen molar-refractivity contribution in [2.45, 2.75) is 32.8 Å². The van der Waals surface area contributed by atoms with E-state index in [2.05, 4.69) is 19.2 Å². The van der Waals surface area contributed by atoms with Crippen LogP contribution in [0, 0.1) is 0 Å². The molecule has 0 saturated heterocycles. The van der Waals surface area contributed by atoms with Gasteiger partial charge >= 0.3 is 5.97 Å². The van der Waals surface area contributed by atoms with E-state index in [0.29, 0.717) is 11.4 Å². The van der Waals surface area contributed by atoms with E-state index < -0.39 is 12.1 Å². The summed E-state index contributed by atoms with van der Waals surface area (Å²) >= 11 is 0. The van der Waals surface area contributed by atoms with E-state index in [0.717, 1.165) is 5.56 Å². The molecule has 0 saturated carbocycles. The number of hydrogen-bond acceptors (Lipinski definition) is 4. The molecule has 1 amide bonds. The topological polar surface area (TPSA) is 64.6 Å². The molecule has 0 aliphatic heterocycles. The summed E-state index contributed by atoms with van der Waals surface area (Å²) in [5.41, 5.74) is 1.67. The van der Waals surface area contributed by atoms with Crippen LogP contribution in [0.15, 0.2) is 54.6 Å². The maximum absolute atomic E-state index is 12.0. The van der Waals surface area contributed by atoms with Gasteiger partial charge in [0.2, 0.25) is 0 Å².